The van der Waals surface area contributed by atoms with E-state index in [1.807, 2.05) is 13.0 Å². The van der Waals surface area contributed by atoms with E-state index >= 15 is 0 Å². The van der Waals surface area contributed by atoms with Crippen molar-refractivity contribution in [2.45, 2.75) is 26.9 Å². The lowest BCUT2D eigenvalue weighted by molar-refractivity contribution is 0.331. The number of hydrogen-bond donors (Lipinski definition) is 2. The summed E-state index contributed by atoms with van der Waals surface area (Å²) in [6.07, 6.45) is 0. The molecule has 0 fully saturated rings. The maximum Gasteiger partial charge on any atom is 0.191 e. The third-order valence-corrected chi connectivity index (χ3v) is 4.86. The topological polar surface area (TPSA) is 52.6 Å². The third kappa shape index (κ3) is 5.94. The van der Waals surface area contributed by atoms with E-state index in [-0.39, 0.29) is 0 Å². The second kappa shape index (κ2) is 9.39. The Kier molecular flexibility index (Phi) is 7.21. The van der Waals surface area contributed by atoms with Gasteiger partial charge >= 0.3 is 0 Å². The van der Waals surface area contributed by atoms with Crippen LogP contribution in [0.3, 0.4) is 0 Å². The molecule has 6 heteroatoms. The standard InChI is InChI=1S/C18H27N5S/c1-14-15(2)24-17(22-14)12-21-18(19-3)20-10-11-23(4)13-16-8-6-5-7-9-16/h5-9H,10-13H2,1-4H3,(H2,19,20,21). The number of hydrogen-bond acceptors (Lipinski definition) is 4. The highest BCUT2D eigenvalue weighted by atomic mass is 32.1. The summed E-state index contributed by atoms with van der Waals surface area (Å²) < 4.78 is 0. The van der Waals surface area contributed by atoms with Gasteiger partial charge in [-0.2, -0.15) is 0 Å². The zero-order valence-corrected chi connectivity index (χ0v) is 15.8. The van der Waals surface area contributed by atoms with E-state index in [9.17, 15) is 0 Å². The van der Waals surface area contributed by atoms with Crippen molar-refractivity contribution in [1.29, 1.82) is 0 Å². The minimum absolute atomic E-state index is 0.707. The molecule has 0 bridgehead atoms. The summed E-state index contributed by atoms with van der Waals surface area (Å²) >= 11 is 1.73. The van der Waals surface area contributed by atoms with Gasteiger partial charge in [0.15, 0.2) is 5.96 Å². The van der Waals surface area contributed by atoms with Gasteiger partial charge in [-0.05, 0) is 26.5 Å². The molecule has 0 aliphatic heterocycles. The Hall–Kier alpha value is -1.92. The summed E-state index contributed by atoms with van der Waals surface area (Å²) in [5.41, 5.74) is 2.44. The Labute approximate surface area is 148 Å². The summed E-state index contributed by atoms with van der Waals surface area (Å²) in [5.74, 6) is 0.814. The van der Waals surface area contributed by atoms with E-state index in [0.29, 0.717) is 6.54 Å². The van der Waals surface area contributed by atoms with Gasteiger partial charge < -0.3 is 15.5 Å². The fourth-order valence-corrected chi connectivity index (χ4v) is 3.21. The summed E-state index contributed by atoms with van der Waals surface area (Å²) in [7, 11) is 3.92. The van der Waals surface area contributed by atoms with Crippen LogP contribution in [0.5, 0.6) is 0 Å². The second-order valence-electron chi connectivity index (χ2n) is 5.83. The van der Waals surface area contributed by atoms with Gasteiger partial charge in [0.1, 0.15) is 5.01 Å². The zero-order chi connectivity index (χ0) is 17.4. The largest absolute Gasteiger partial charge is 0.355 e. The molecule has 2 rings (SSSR count). The van der Waals surface area contributed by atoms with Gasteiger partial charge in [-0.1, -0.05) is 30.3 Å². The van der Waals surface area contributed by atoms with Gasteiger partial charge in [-0.15, -0.1) is 11.3 Å². The molecular weight excluding hydrogens is 318 g/mol. The molecule has 0 saturated carbocycles. The van der Waals surface area contributed by atoms with Crippen molar-refractivity contribution in [2.75, 3.05) is 27.2 Å². The molecule has 2 aromatic rings. The highest BCUT2D eigenvalue weighted by Crippen LogP contribution is 2.15. The Morgan fingerprint density at radius 2 is 1.96 bits per heavy atom. The van der Waals surface area contributed by atoms with Crippen molar-refractivity contribution in [3.8, 4) is 0 Å². The number of aliphatic imine (C=N–C) groups is 1. The molecule has 130 valence electrons. The molecule has 1 aromatic heterocycles. The van der Waals surface area contributed by atoms with E-state index in [0.717, 1.165) is 36.3 Å². The minimum Gasteiger partial charge on any atom is -0.355 e. The van der Waals surface area contributed by atoms with E-state index < -0.39 is 0 Å². The number of nitrogens with one attached hydrogen (secondary N) is 2. The average Bonchev–Trinajstić information content (AvgIpc) is 2.90. The Balaban J connectivity index is 1.69. The highest BCUT2D eigenvalue weighted by molar-refractivity contribution is 7.11. The van der Waals surface area contributed by atoms with Crippen molar-refractivity contribution >= 4 is 17.3 Å². The number of rotatable bonds is 7. The van der Waals surface area contributed by atoms with Crippen molar-refractivity contribution in [3.05, 3.63) is 51.5 Å². The quantitative estimate of drug-likeness (QED) is 0.598. The number of aromatic nitrogens is 1. The average molecular weight is 346 g/mol. The molecule has 1 heterocycles. The van der Waals surface area contributed by atoms with Crippen LogP contribution in [0, 0.1) is 13.8 Å². The summed E-state index contributed by atoms with van der Waals surface area (Å²) in [6, 6.07) is 10.5. The Morgan fingerprint density at radius 1 is 1.21 bits per heavy atom. The first-order valence-electron chi connectivity index (χ1n) is 8.18. The molecule has 0 amide bonds. The van der Waals surface area contributed by atoms with Crippen molar-refractivity contribution in [2.24, 2.45) is 4.99 Å². The molecule has 0 saturated heterocycles. The number of likely N-dealkylation sites (N-methyl/N-ethyl adjacent to an activating group) is 1. The number of nitrogens with zero attached hydrogens (tertiary/aromatic N) is 3. The predicted molar refractivity (Wildman–Crippen MR) is 103 cm³/mol. The number of guanidine groups is 1. The van der Waals surface area contributed by atoms with Crippen LogP contribution in [-0.4, -0.2) is 43.0 Å². The van der Waals surface area contributed by atoms with Gasteiger partial charge in [0.25, 0.3) is 0 Å². The Morgan fingerprint density at radius 3 is 2.58 bits per heavy atom. The molecule has 0 unspecified atom stereocenters. The van der Waals surface area contributed by atoms with Gasteiger partial charge in [-0.3, -0.25) is 4.99 Å². The van der Waals surface area contributed by atoms with Crippen molar-refractivity contribution in [1.82, 2.24) is 20.5 Å². The smallest absolute Gasteiger partial charge is 0.191 e. The lowest BCUT2D eigenvalue weighted by atomic mass is 10.2. The van der Waals surface area contributed by atoms with E-state index in [2.05, 4.69) is 63.7 Å². The summed E-state index contributed by atoms with van der Waals surface area (Å²) in [5, 5.41) is 7.76. The first kappa shape index (κ1) is 18.4. The van der Waals surface area contributed by atoms with Crippen LogP contribution in [0.15, 0.2) is 35.3 Å². The first-order chi connectivity index (χ1) is 11.6. The molecule has 0 radical (unpaired) electrons. The molecule has 5 nitrogen and oxygen atoms in total. The lowest BCUT2D eigenvalue weighted by Crippen LogP contribution is -2.40. The lowest BCUT2D eigenvalue weighted by Gasteiger charge is -2.18. The maximum absolute atomic E-state index is 4.54. The van der Waals surface area contributed by atoms with E-state index in [1.54, 1.807) is 18.4 Å². The molecule has 0 aliphatic rings. The molecule has 2 N–H and O–H groups in total. The van der Waals surface area contributed by atoms with E-state index in [4.69, 9.17) is 0 Å². The van der Waals surface area contributed by atoms with E-state index in [1.165, 1.54) is 10.4 Å². The zero-order valence-electron chi connectivity index (χ0n) is 15.0. The van der Waals surface area contributed by atoms with Crippen LogP contribution in [0.2, 0.25) is 0 Å². The maximum atomic E-state index is 4.54. The molecule has 0 spiro atoms. The third-order valence-electron chi connectivity index (χ3n) is 3.78. The normalized spacial score (nSPS) is 11.8. The van der Waals surface area contributed by atoms with Crippen LogP contribution < -0.4 is 10.6 Å². The second-order valence-corrected chi connectivity index (χ2v) is 7.11. The van der Waals surface area contributed by atoms with Crippen LogP contribution in [0.25, 0.3) is 0 Å². The van der Waals surface area contributed by atoms with Gasteiger partial charge in [0.05, 0.1) is 12.2 Å². The van der Waals surface area contributed by atoms with Gasteiger partial charge in [0.2, 0.25) is 0 Å². The fourth-order valence-electron chi connectivity index (χ4n) is 2.33. The SMILES string of the molecule is CN=C(NCCN(C)Cc1ccccc1)NCc1nc(C)c(C)s1. The highest BCUT2D eigenvalue weighted by Gasteiger charge is 2.05. The van der Waals surface area contributed by atoms with Crippen LogP contribution in [0.4, 0.5) is 0 Å². The van der Waals surface area contributed by atoms with Gasteiger partial charge in [-0.25, -0.2) is 4.98 Å². The first-order valence-corrected chi connectivity index (χ1v) is 9.00. The van der Waals surface area contributed by atoms with Crippen LogP contribution in [-0.2, 0) is 13.1 Å². The number of aryl methyl sites for hydroxylation is 2. The fraction of sp³-hybridized carbons (Fsp3) is 0.444. The van der Waals surface area contributed by atoms with Gasteiger partial charge in [0, 0.05) is 31.6 Å². The molecular formula is C18H27N5S. The molecule has 1 aromatic carbocycles. The Bertz CT molecular complexity index is 631. The number of benzene rings is 1. The van der Waals surface area contributed by atoms with Crippen molar-refractivity contribution in [3.63, 3.8) is 0 Å². The molecule has 0 aliphatic carbocycles. The predicted octanol–water partition coefficient (Wildman–Crippen LogP) is 2.56. The number of thiazole rings is 1. The molecule has 0 atom stereocenters. The van der Waals surface area contributed by atoms with Crippen LogP contribution in [0.1, 0.15) is 21.1 Å². The van der Waals surface area contributed by atoms with Crippen LogP contribution >= 0.6 is 11.3 Å². The summed E-state index contributed by atoms with van der Waals surface area (Å²) in [6.45, 7) is 7.60. The summed E-state index contributed by atoms with van der Waals surface area (Å²) in [4.78, 5) is 12.4. The minimum atomic E-state index is 0.707. The molecule has 24 heavy (non-hydrogen) atoms. The van der Waals surface area contributed by atoms with Crippen molar-refractivity contribution < 1.29 is 0 Å². The monoisotopic (exact) mass is 345 g/mol.